The average molecular weight is 382 g/mol. The molecule has 28 heavy (non-hydrogen) atoms. The van der Waals surface area contributed by atoms with Crippen molar-refractivity contribution in [2.24, 2.45) is 10.4 Å². The summed E-state index contributed by atoms with van der Waals surface area (Å²) in [4.78, 5) is 22.2. The van der Waals surface area contributed by atoms with Crippen LogP contribution in [0.15, 0.2) is 17.1 Å². The molecular formula is C22H31N5O. The number of rotatable bonds is 2. The summed E-state index contributed by atoms with van der Waals surface area (Å²) < 4.78 is 0. The van der Waals surface area contributed by atoms with Crippen molar-refractivity contribution in [2.45, 2.75) is 46.6 Å². The number of guanidine groups is 1. The number of aromatic nitrogens is 1. The largest absolute Gasteiger partial charge is 0.358 e. The van der Waals surface area contributed by atoms with Crippen molar-refractivity contribution >= 4 is 22.8 Å². The Labute approximate surface area is 166 Å². The summed E-state index contributed by atoms with van der Waals surface area (Å²) in [6.07, 6.45) is 2.85. The molecule has 6 nitrogen and oxygen atoms in total. The third-order valence-electron chi connectivity index (χ3n) is 6.45. The van der Waals surface area contributed by atoms with E-state index in [1.807, 2.05) is 7.05 Å². The molecule has 2 aliphatic heterocycles. The number of carbonyl (C=O) groups excluding carboxylic acids is 1. The van der Waals surface area contributed by atoms with E-state index in [4.69, 9.17) is 0 Å². The molecule has 0 bridgehead atoms. The van der Waals surface area contributed by atoms with Crippen LogP contribution in [0, 0.1) is 26.2 Å². The summed E-state index contributed by atoms with van der Waals surface area (Å²) in [5.74, 6) is 1.11. The number of aryl methyl sites for hydroxylation is 3. The van der Waals surface area contributed by atoms with Crippen LogP contribution in [-0.4, -0.2) is 48.4 Å². The highest BCUT2D eigenvalue weighted by molar-refractivity contribution is 5.88. The summed E-state index contributed by atoms with van der Waals surface area (Å²) in [6, 6.07) is 4.50. The highest BCUT2D eigenvalue weighted by atomic mass is 16.1. The van der Waals surface area contributed by atoms with Gasteiger partial charge >= 0.3 is 0 Å². The Morgan fingerprint density at radius 3 is 2.86 bits per heavy atom. The lowest BCUT2D eigenvalue weighted by molar-refractivity contribution is -0.119. The van der Waals surface area contributed by atoms with E-state index in [9.17, 15) is 4.79 Å². The number of carbonyl (C=O) groups is 1. The van der Waals surface area contributed by atoms with Crippen LogP contribution in [0.1, 0.15) is 41.6 Å². The van der Waals surface area contributed by atoms with E-state index in [-0.39, 0.29) is 11.3 Å². The number of benzene rings is 1. The van der Waals surface area contributed by atoms with E-state index in [2.05, 4.69) is 58.4 Å². The van der Waals surface area contributed by atoms with Gasteiger partial charge in [0.2, 0.25) is 5.91 Å². The fourth-order valence-corrected chi connectivity index (χ4v) is 4.86. The Morgan fingerprint density at radius 2 is 2.14 bits per heavy atom. The van der Waals surface area contributed by atoms with Gasteiger partial charge in [-0.2, -0.15) is 0 Å². The molecule has 1 spiro atoms. The van der Waals surface area contributed by atoms with Gasteiger partial charge in [0, 0.05) is 56.1 Å². The molecule has 150 valence electrons. The number of piperidine rings is 1. The third kappa shape index (κ3) is 3.36. The van der Waals surface area contributed by atoms with Crippen molar-refractivity contribution < 1.29 is 4.79 Å². The Bertz CT molecular complexity index is 944. The number of fused-ring (bicyclic) bond motifs is 1. The molecule has 0 saturated carbocycles. The zero-order valence-corrected chi connectivity index (χ0v) is 17.4. The molecule has 2 aromatic rings. The predicted octanol–water partition coefficient (Wildman–Crippen LogP) is 2.77. The second kappa shape index (κ2) is 7.15. The third-order valence-corrected chi connectivity index (χ3v) is 6.45. The van der Waals surface area contributed by atoms with Gasteiger partial charge in [-0.25, -0.2) is 0 Å². The number of likely N-dealkylation sites (tertiary alicyclic amines) is 1. The van der Waals surface area contributed by atoms with Crippen LogP contribution in [0.5, 0.6) is 0 Å². The molecule has 0 radical (unpaired) electrons. The minimum absolute atomic E-state index is 0.0667. The second-order valence-corrected chi connectivity index (χ2v) is 8.60. The Morgan fingerprint density at radius 1 is 1.32 bits per heavy atom. The molecule has 3 heterocycles. The van der Waals surface area contributed by atoms with Crippen LogP contribution in [-0.2, 0) is 11.3 Å². The first-order valence-corrected chi connectivity index (χ1v) is 10.2. The van der Waals surface area contributed by atoms with E-state index in [0.29, 0.717) is 6.42 Å². The number of aromatic amines is 1. The number of amides is 1. The first-order valence-electron chi connectivity index (χ1n) is 10.2. The molecule has 6 heteroatoms. The van der Waals surface area contributed by atoms with Gasteiger partial charge in [0.25, 0.3) is 0 Å². The lowest BCUT2D eigenvalue weighted by Gasteiger charge is -2.40. The highest BCUT2D eigenvalue weighted by Crippen LogP contribution is 2.36. The molecule has 1 aromatic heterocycles. The van der Waals surface area contributed by atoms with Crippen molar-refractivity contribution in [3.05, 3.63) is 34.5 Å². The van der Waals surface area contributed by atoms with Gasteiger partial charge in [0.15, 0.2) is 5.96 Å². The van der Waals surface area contributed by atoms with Gasteiger partial charge in [-0.05, 0) is 50.8 Å². The summed E-state index contributed by atoms with van der Waals surface area (Å²) in [5.41, 5.74) is 6.36. The van der Waals surface area contributed by atoms with E-state index in [0.717, 1.165) is 45.0 Å². The minimum atomic E-state index is 0.0667. The van der Waals surface area contributed by atoms with Crippen molar-refractivity contribution in [1.29, 1.82) is 0 Å². The standard InChI is InChI=1S/C22H31N5O/c1-14-8-17(20-18(9-14)15(2)16(3)26-20)11-24-21(23-4)27-7-5-6-22(13-27)10-19(28)25-12-22/h8-9,26H,5-7,10-13H2,1-4H3,(H,23,24)(H,25,28). The van der Waals surface area contributed by atoms with Gasteiger partial charge in [0.1, 0.15) is 0 Å². The van der Waals surface area contributed by atoms with E-state index in [1.54, 1.807) is 0 Å². The summed E-state index contributed by atoms with van der Waals surface area (Å²) >= 11 is 0. The zero-order chi connectivity index (χ0) is 19.9. The molecule has 4 rings (SSSR count). The van der Waals surface area contributed by atoms with Gasteiger partial charge in [-0.15, -0.1) is 0 Å². The van der Waals surface area contributed by atoms with Crippen LogP contribution < -0.4 is 10.6 Å². The van der Waals surface area contributed by atoms with Crippen LogP contribution in [0.25, 0.3) is 10.9 Å². The number of aliphatic imine (C=N–C) groups is 1. The molecule has 1 atom stereocenters. The van der Waals surface area contributed by atoms with Gasteiger partial charge in [-0.1, -0.05) is 11.6 Å². The van der Waals surface area contributed by atoms with E-state index in [1.165, 1.54) is 33.3 Å². The lowest BCUT2D eigenvalue weighted by Crippen LogP contribution is -2.51. The highest BCUT2D eigenvalue weighted by Gasteiger charge is 2.42. The van der Waals surface area contributed by atoms with Crippen LogP contribution in [0.4, 0.5) is 0 Å². The van der Waals surface area contributed by atoms with Crippen molar-refractivity contribution in [3.63, 3.8) is 0 Å². The van der Waals surface area contributed by atoms with Crippen molar-refractivity contribution in [2.75, 3.05) is 26.7 Å². The van der Waals surface area contributed by atoms with Gasteiger partial charge in [-0.3, -0.25) is 9.79 Å². The average Bonchev–Trinajstić information content (AvgIpc) is 3.16. The first kappa shape index (κ1) is 18.8. The second-order valence-electron chi connectivity index (χ2n) is 8.60. The lowest BCUT2D eigenvalue weighted by atomic mass is 9.79. The Kier molecular flexibility index (Phi) is 4.81. The van der Waals surface area contributed by atoms with E-state index < -0.39 is 0 Å². The first-order chi connectivity index (χ1) is 13.4. The predicted molar refractivity (Wildman–Crippen MR) is 114 cm³/mol. The maximum atomic E-state index is 11.8. The van der Waals surface area contributed by atoms with Crippen LogP contribution in [0.2, 0.25) is 0 Å². The smallest absolute Gasteiger partial charge is 0.220 e. The molecule has 3 N–H and O–H groups in total. The molecule has 1 aromatic carbocycles. The van der Waals surface area contributed by atoms with E-state index >= 15 is 0 Å². The van der Waals surface area contributed by atoms with Crippen LogP contribution in [0.3, 0.4) is 0 Å². The zero-order valence-electron chi connectivity index (χ0n) is 17.4. The Hall–Kier alpha value is -2.50. The summed E-state index contributed by atoms with van der Waals surface area (Å²) in [7, 11) is 1.84. The summed E-state index contributed by atoms with van der Waals surface area (Å²) in [5, 5.41) is 7.89. The normalized spacial score (nSPS) is 22.9. The molecule has 2 aliphatic rings. The minimum Gasteiger partial charge on any atom is -0.358 e. The quantitative estimate of drug-likeness (QED) is 0.553. The van der Waals surface area contributed by atoms with Gasteiger partial charge < -0.3 is 20.5 Å². The topological polar surface area (TPSA) is 72.5 Å². The molecule has 0 aliphatic carbocycles. The molecule has 1 amide bonds. The fraction of sp³-hybridized carbons (Fsp3) is 0.545. The monoisotopic (exact) mass is 381 g/mol. The molecule has 2 fully saturated rings. The number of hydrogen-bond donors (Lipinski definition) is 3. The number of nitrogens with one attached hydrogen (secondary N) is 3. The molecule has 2 saturated heterocycles. The van der Waals surface area contributed by atoms with Crippen LogP contribution >= 0.6 is 0 Å². The van der Waals surface area contributed by atoms with Gasteiger partial charge in [0.05, 0.1) is 5.52 Å². The molecular weight excluding hydrogens is 350 g/mol. The van der Waals surface area contributed by atoms with Crippen molar-refractivity contribution in [1.82, 2.24) is 20.5 Å². The maximum absolute atomic E-state index is 11.8. The van der Waals surface area contributed by atoms with Crippen molar-refractivity contribution in [3.8, 4) is 0 Å². The Balaban J connectivity index is 1.52. The maximum Gasteiger partial charge on any atom is 0.220 e. The summed E-state index contributed by atoms with van der Waals surface area (Å²) in [6.45, 7) is 9.84. The SMILES string of the molecule is CN=C(NCc1cc(C)cc2c(C)c(C)[nH]c12)N1CCCC2(CNC(=O)C2)C1. The molecule has 1 unspecified atom stereocenters. The number of H-pyrrole nitrogens is 1. The number of hydrogen-bond acceptors (Lipinski definition) is 2. The number of nitrogens with zero attached hydrogens (tertiary/aromatic N) is 2. The fourth-order valence-electron chi connectivity index (χ4n) is 4.86.